The van der Waals surface area contributed by atoms with E-state index in [0.717, 1.165) is 11.3 Å². The van der Waals surface area contributed by atoms with Gasteiger partial charge in [-0.2, -0.15) is 0 Å². The molecule has 100 valence electrons. The fourth-order valence-electron chi connectivity index (χ4n) is 1.90. The topological polar surface area (TPSA) is 91.7 Å². The van der Waals surface area contributed by atoms with Gasteiger partial charge in [0.25, 0.3) is 0 Å². The molecule has 6 nitrogen and oxygen atoms in total. The van der Waals surface area contributed by atoms with Crippen molar-refractivity contribution in [2.45, 2.75) is 31.6 Å². The lowest BCUT2D eigenvalue weighted by molar-refractivity contribution is -0.0263. The molecule has 2 rings (SSSR count). The molecule has 1 aliphatic rings. The minimum atomic E-state index is -1.01. The molecule has 0 bridgehead atoms. The number of aromatic carboxylic acids is 1. The van der Waals surface area contributed by atoms with Gasteiger partial charge in [0.1, 0.15) is 5.60 Å². The highest BCUT2D eigenvalue weighted by Gasteiger charge is 2.38. The summed E-state index contributed by atoms with van der Waals surface area (Å²) >= 11 is 1.10. The fourth-order valence-corrected chi connectivity index (χ4v) is 2.55. The summed E-state index contributed by atoms with van der Waals surface area (Å²) < 4.78 is 5.33. The van der Waals surface area contributed by atoms with E-state index >= 15 is 0 Å². The van der Waals surface area contributed by atoms with Crippen LogP contribution in [0, 0.1) is 0 Å². The van der Waals surface area contributed by atoms with Crippen molar-refractivity contribution in [2.24, 2.45) is 0 Å². The largest absolute Gasteiger partial charge is 0.476 e. The SMILES string of the molecule is CC1OCCC1(O)CNCc1csc(C(=O)O)n1. The van der Waals surface area contributed by atoms with Crippen molar-refractivity contribution in [3.05, 3.63) is 16.1 Å². The number of thiazole rings is 1. The van der Waals surface area contributed by atoms with Gasteiger partial charge in [-0.25, -0.2) is 9.78 Å². The molecular formula is C11H16N2O4S. The maximum Gasteiger partial charge on any atom is 0.365 e. The Hall–Kier alpha value is -1.02. The molecule has 2 heterocycles. The Balaban J connectivity index is 1.83. The zero-order valence-corrected chi connectivity index (χ0v) is 10.9. The van der Waals surface area contributed by atoms with Crippen molar-refractivity contribution < 1.29 is 19.7 Å². The van der Waals surface area contributed by atoms with Crippen molar-refractivity contribution in [2.75, 3.05) is 13.2 Å². The van der Waals surface area contributed by atoms with Gasteiger partial charge >= 0.3 is 5.97 Å². The van der Waals surface area contributed by atoms with Gasteiger partial charge < -0.3 is 20.3 Å². The lowest BCUT2D eigenvalue weighted by atomic mass is 9.97. The van der Waals surface area contributed by atoms with Crippen LogP contribution in [-0.2, 0) is 11.3 Å². The maximum absolute atomic E-state index is 10.7. The molecule has 1 aromatic heterocycles. The third-order valence-corrected chi connectivity index (χ3v) is 4.01. The first-order valence-corrected chi connectivity index (χ1v) is 6.61. The number of nitrogens with zero attached hydrogens (tertiary/aromatic N) is 1. The number of carbonyl (C=O) groups is 1. The zero-order valence-electron chi connectivity index (χ0n) is 10.0. The molecule has 1 fully saturated rings. The molecule has 1 aromatic rings. The quantitative estimate of drug-likeness (QED) is 0.721. The highest BCUT2D eigenvalue weighted by Crippen LogP contribution is 2.24. The molecule has 0 spiro atoms. The van der Waals surface area contributed by atoms with E-state index in [2.05, 4.69) is 10.3 Å². The summed E-state index contributed by atoms with van der Waals surface area (Å²) in [5.74, 6) is -1.01. The Labute approximate surface area is 109 Å². The van der Waals surface area contributed by atoms with Crippen LogP contribution in [0.1, 0.15) is 28.8 Å². The van der Waals surface area contributed by atoms with Gasteiger partial charge in [0.05, 0.1) is 11.8 Å². The molecule has 2 unspecified atom stereocenters. The maximum atomic E-state index is 10.7. The lowest BCUT2D eigenvalue weighted by Crippen LogP contribution is -2.45. The molecule has 0 saturated carbocycles. The second-order valence-electron chi connectivity index (χ2n) is 4.42. The highest BCUT2D eigenvalue weighted by atomic mass is 32.1. The summed E-state index contributed by atoms with van der Waals surface area (Å²) in [7, 11) is 0. The number of aromatic nitrogens is 1. The summed E-state index contributed by atoms with van der Waals surface area (Å²) in [6.45, 7) is 3.27. The number of ether oxygens (including phenoxy) is 1. The summed E-state index contributed by atoms with van der Waals surface area (Å²) in [6, 6.07) is 0. The van der Waals surface area contributed by atoms with E-state index in [1.165, 1.54) is 0 Å². The van der Waals surface area contributed by atoms with E-state index in [1.807, 2.05) is 6.92 Å². The third-order valence-electron chi connectivity index (χ3n) is 3.13. The molecule has 0 amide bonds. The van der Waals surface area contributed by atoms with Gasteiger partial charge in [0, 0.05) is 31.5 Å². The van der Waals surface area contributed by atoms with E-state index < -0.39 is 11.6 Å². The second kappa shape index (κ2) is 5.31. The van der Waals surface area contributed by atoms with E-state index in [9.17, 15) is 9.90 Å². The van der Waals surface area contributed by atoms with E-state index in [1.54, 1.807) is 5.38 Å². The van der Waals surface area contributed by atoms with Gasteiger partial charge in [-0.3, -0.25) is 0 Å². The van der Waals surface area contributed by atoms with Gasteiger partial charge in [-0.15, -0.1) is 11.3 Å². The monoisotopic (exact) mass is 272 g/mol. The third kappa shape index (κ3) is 2.86. The Morgan fingerprint density at radius 3 is 3.11 bits per heavy atom. The first kappa shape index (κ1) is 13.4. The molecule has 2 atom stereocenters. The smallest absolute Gasteiger partial charge is 0.365 e. The normalized spacial score (nSPS) is 27.6. The van der Waals surface area contributed by atoms with Crippen LogP contribution in [0.2, 0.25) is 0 Å². The van der Waals surface area contributed by atoms with Gasteiger partial charge in [0.2, 0.25) is 5.01 Å². The number of rotatable bonds is 5. The Morgan fingerprint density at radius 1 is 1.78 bits per heavy atom. The molecule has 0 aliphatic carbocycles. The summed E-state index contributed by atoms with van der Waals surface area (Å²) in [5, 5.41) is 23.9. The van der Waals surface area contributed by atoms with Crippen molar-refractivity contribution in [3.8, 4) is 0 Å². The van der Waals surface area contributed by atoms with Gasteiger partial charge in [-0.1, -0.05) is 0 Å². The van der Waals surface area contributed by atoms with Gasteiger partial charge in [0.15, 0.2) is 0 Å². The minimum Gasteiger partial charge on any atom is -0.476 e. The van der Waals surface area contributed by atoms with Crippen molar-refractivity contribution in [1.82, 2.24) is 10.3 Å². The lowest BCUT2D eigenvalue weighted by Gasteiger charge is -2.26. The molecule has 7 heteroatoms. The molecule has 18 heavy (non-hydrogen) atoms. The molecule has 3 N–H and O–H groups in total. The van der Waals surface area contributed by atoms with Crippen LogP contribution in [0.3, 0.4) is 0 Å². The van der Waals surface area contributed by atoms with Crippen LogP contribution in [0.4, 0.5) is 0 Å². The van der Waals surface area contributed by atoms with Crippen molar-refractivity contribution in [3.63, 3.8) is 0 Å². The number of hydrogen-bond donors (Lipinski definition) is 3. The van der Waals surface area contributed by atoms with Gasteiger partial charge in [-0.05, 0) is 6.92 Å². The molecule has 1 aliphatic heterocycles. The van der Waals surface area contributed by atoms with Crippen LogP contribution >= 0.6 is 11.3 Å². The van der Waals surface area contributed by atoms with E-state index in [-0.39, 0.29) is 11.1 Å². The molecule has 1 saturated heterocycles. The standard InChI is InChI=1S/C11H16N2O4S/c1-7-11(16,2-3-17-7)6-12-4-8-5-18-9(13-8)10(14)15/h5,7,12,16H,2-4,6H2,1H3,(H,14,15). The average Bonchev–Trinajstić information content (AvgIpc) is 2.88. The summed E-state index contributed by atoms with van der Waals surface area (Å²) in [4.78, 5) is 14.6. The van der Waals surface area contributed by atoms with E-state index in [0.29, 0.717) is 31.8 Å². The zero-order chi connectivity index (χ0) is 13.2. The Kier molecular flexibility index (Phi) is 3.96. The van der Waals surface area contributed by atoms with Crippen molar-refractivity contribution in [1.29, 1.82) is 0 Å². The predicted octanol–water partition coefficient (Wildman–Crippen LogP) is 0.471. The number of hydrogen-bond acceptors (Lipinski definition) is 6. The van der Waals surface area contributed by atoms with Crippen molar-refractivity contribution >= 4 is 17.3 Å². The number of carboxylic acids is 1. The average molecular weight is 272 g/mol. The Morgan fingerprint density at radius 2 is 2.56 bits per heavy atom. The molecule has 0 radical (unpaired) electrons. The minimum absolute atomic E-state index is 0.0862. The molecular weight excluding hydrogens is 256 g/mol. The number of aliphatic hydroxyl groups is 1. The molecule has 0 aromatic carbocycles. The van der Waals surface area contributed by atoms with Crippen LogP contribution in [0.25, 0.3) is 0 Å². The fraction of sp³-hybridized carbons (Fsp3) is 0.636. The van der Waals surface area contributed by atoms with E-state index in [4.69, 9.17) is 9.84 Å². The highest BCUT2D eigenvalue weighted by molar-refractivity contribution is 7.11. The van der Waals surface area contributed by atoms with Crippen LogP contribution in [0.5, 0.6) is 0 Å². The number of nitrogens with one attached hydrogen (secondary N) is 1. The second-order valence-corrected chi connectivity index (χ2v) is 5.28. The Bertz CT molecular complexity index is 436. The number of carboxylic acid groups (broad SMARTS) is 1. The predicted molar refractivity (Wildman–Crippen MR) is 65.8 cm³/mol. The first-order chi connectivity index (χ1) is 8.51. The summed E-state index contributed by atoms with van der Waals surface area (Å²) in [6.07, 6.45) is 0.425. The van der Waals surface area contributed by atoms with Crippen LogP contribution in [-0.4, -0.2) is 46.0 Å². The summed E-state index contributed by atoms with van der Waals surface area (Å²) in [5.41, 5.74) is -0.168. The first-order valence-electron chi connectivity index (χ1n) is 5.74. The van der Waals surface area contributed by atoms with Crippen LogP contribution in [0.15, 0.2) is 5.38 Å². The van der Waals surface area contributed by atoms with Crippen LogP contribution < -0.4 is 5.32 Å².